The first-order chi connectivity index (χ1) is 27.5. The average Bonchev–Trinajstić information content (AvgIpc) is 3.87. The number of carbonyl (C=O) groups is 1. The molecule has 7 rings (SSSR count). The van der Waals surface area contributed by atoms with Gasteiger partial charge in [0.15, 0.2) is 5.78 Å². The van der Waals surface area contributed by atoms with E-state index in [1.807, 2.05) is 25.3 Å². The van der Waals surface area contributed by atoms with E-state index in [0.29, 0.717) is 17.3 Å². The van der Waals surface area contributed by atoms with Crippen molar-refractivity contribution in [2.75, 3.05) is 20.8 Å². The van der Waals surface area contributed by atoms with Gasteiger partial charge in [0.1, 0.15) is 11.5 Å². The Balaban J connectivity index is 0.000000196. The molecule has 4 nitrogen and oxygen atoms in total. The summed E-state index contributed by atoms with van der Waals surface area (Å²) in [6.45, 7) is 30.0. The fraction of sp³-hybridized carbons (Fsp3) is 0.509. The lowest BCUT2D eigenvalue weighted by Gasteiger charge is -2.26. The number of allylic oxidation sites excluding steroid dienone is 1. The summed E-state index contributed by atoms with van der Waals surface area (Å²) in [4.78, 5) is 13.3. The molecule has 2 atom stereocenters. The third-order valence-electron chi connectivity index (χ3n) is 11.6. The molecule has 1 heterocycles. The summed E-state index contributed by atoms with van der Waals surface area (Å²) in [6.07, 6.45) is 9.35. The minimum Gasteiger partial charge on any atom is -0.496 e. The van der Waals surface area contributed by atoms with E-state index in [1.165, 1.54) is 46.2 Å². The fourth-order valence-electron chi connectivity index (χ4n) is 9.03. The van der Waals surface area contributed by atoms with Crippen LogP contribution in [0.1, 0.15) is 154 Å². The van der Waals surface area contributed by atoms with Gasteiger partial charge in [-0.2, -0.15) is 0 Å². The first kappa shape index (κ1) is 45.9. The standard InChI is InChI=1S/C25H32O2.C25H32O.C5H10O/c1-24(2,3)15-17-13-18-19(22(17)26)14-20(25(4,5)6)23(27-7)21(18)16-11-9-8-10-12-16;1-24(2,3)16-17-13-19-15-21(25(4,5)6)23(26-7)22(20(19)14-17)18-11-9-8-10-12-18;1-5-3-2-4-6-5/h8-12,14,17H,13,15H2,1-7H3;8-13,15H,14,16H2,1-7H3;5H,2-4H2,1H3. The molecule has 1 fully saturated rings. The van der Waals surface area contributed by atoms with Crippen molar-refractivity contribution in [2.24, 2.45) is 16.7 Å². The van der Waals surface area contributed by atoms with Gasteiger partial charge >= 0.3 is 0 Å². The number of benzene rings is 4. The molecule has 0 saturated carbocycles. The van der Waals surface area contributed by atoms with Crippen LogP contribution >= 0.6 is 0 Å². The van der Waals surface area contributed by atoms with Crippen LogP contribution in [0.3, 0.4) is 0 Å². The highest BCUT2D eigenvalue weighted by molar-refractivity contribution is 6.05. The molecule has 0 bridgehead atoms. The zero-order valence-corrected chi connectivity index (χ0v) is 39.2. The summed E-state index contributed by atoms with van der Waals surface area (Å²) in [5.74, 6) is 2.30. The summed E-state index contributed by atoms with van der Waals surface area (Å²) in [7, 11) is 3.55. The van der Waals surface area contributed by atoms with Crippen molar-refractivity contribution in [2.45, 2.75) is 145 Å². The third kappa shape index (κ3) is 11.4. The SMILES string of the molecule is CC1CCCO1.COc1c(C(C)(C)C)cc2c(c1-c1ccccc1)CC(CC(C)(C)C)=C2.COc1c(C(C)(C)C)cc2c(c1-c1ccccc1)CC(CC(C)(C)C)C2=O. The van der Waals surface area contributed by atoms with Crippen LogP contribution in [-0.2, 0) is 28.4 Å². The molecule has 3 aliphatic rings. The lowest BCUT2D eigenvalue weighted by molar-refractivity contribution is 0.0903. The van der Waals surface area contributed by atoms with Gasteiger partial charge in [-0.25, -0.2) is 0 Å². The van der Waals surface area contributed by atoms with Crippen molar-refractivity contribution >= 4 is 11.9 Å². The van der Waals surface area contributed by atoms with Gasteiger partial charge in [0.2, 0.25) is 0 Å². The van der Waals surface area contributed by atoms with Gasteiger partial charge in [-0.3, -0.25) is 4.79 Å². The van der Waals surface area contributed by atoms with Crippen molar-refractivity contribution in [1.29, 1.82) is 0 Å². The molecular weight excluding hydrogens is 725 g/mol. The smallest absolute Gasteiger partial charge is 0.166 e. The topological polar surface area (TPSA) is 44.8 Å². The minimum absolute atomic E-state index is 0.0323. The number of ether oxygens (including phenoxy) is 3. The van der Waals surface area contributed by atoms with Gasteiger partial charge in [-0.05, 0) is 107 Å². The molecule has 0 spiro atoms. The van der Waals surface area contributed by atoms with E-state index in [1.54, 1.807) is 7.11 Å². The van der Waals surface area contributed by atoms with Gasteiger partial charge in [0, 0.05) is 40.3 Å². The second-order valence-corrected chi connectivity index (χ2v) is 21.6. The summed E-state index contributed by atoms with van der Waals surface area (Å²) < 4.78 is 17.1. The first-order valence-corrected chi connectivity index (χ1v) is 22.0. The highest BCUT2D eigenvalue weighted by Crippen LogP contribution is 2.49. The maximum absolute atomic E-state index is 13.3. The van der Waals surface area contributed by atoms with Crippen molar-refractivity contribution in [1.82, 2.24) is 0 Å². The molecule has 0 N–H and O–H groups in total. The van der Waals surface area contributed by atoms with Crippen LogP contribution in [0.4, 0.5) is 0 Å². The number of methoxy groups -OCH3 is 2. The van der Waals surface area contributed by atoms with Crippen LogP contribution in [0.5, 0.6) is 11.5 Å². The zero-order valence-electron chi connectivity index (χ0n) is 39.2. The maximum atomic E-state index is 13.3. The normalized spacial score (nSPS) is 17.6. The molecular formula is C55H74O4. The zero-order chi connectivity index (χ0) is 43.5. The Bertz CT molecular complexity index is 2090. The molecule has 59 heavy (non-hydrogen) atoms. The van der Waals surface area contributed by atoms with E-state index in [-0.39, 0.29) is 22.2 Å². The number of hydrogen-bond donors (Lipinski definition) is 0. The average molecular weight is 799 g/mol. The van der Waals surface area contributed by atoms with E-state index in [2.05, 4.69) is 151 Å². The molecule has 4 aromatic rings. The third-order valence-corrected chi connectivity index (χ3v) is 11.6. The van der Waals surface area contributed by atoms with Crippen molar-refractivity contribution in [3.05, 3.63) is 112 Å². The Morgan fingerprint density at radius 3 is 1.59 bits per heavy atom. The molecule has 0 radical (unpaired) electrons. The highest BCUT2D eigenvalue weighted by Gasteiger charge is 2.38. The molecule has 0 aromatic heterocycles. The summed E-state index contributed by atoms with van der Waals surface area (Å²) in [5.41, 5.74) is 13.9. The number of ketones is 1. The minimum atomic E-state index is -0.105. The van der Waals surface area contributed by atoms with E-state index in [4.69, 9.17) is 14.2 Å². The van der Waals surface area contributed by atoms with Crippen LogP contribution in [0, 0.1) is 16.7 Å². The Morgan fingerprint density at radius 2 is 1.19 bits per heavy atom. The molecule has 2 aliphatic carbocycles. The maximum Gasteiger partial charge on any atom is 0.166 e. The van der Waals surface area contributed by atoms with E-state index >= 15 is 0 Å². The monoisotopic (exact) mass is 799 g/mol. The van der Waals surface area contributed by atoms with Crippen LogP contribution in [-0.4, -0.2) is 32.7 Å². The summed E-state index contributed by atoms with van der Waals surface area (Å²) in [5, 5.41) is 0. The van der Waals surface area contributed by atoms with Crippen molar-refractivity contribution in [3.8, 4) is 33.8 Å². The Labute approximate surface area is 358 Å². The lowest BCUT2D eigenvalue weighted by Crippen LogP contribution is -2.18. The van der Waals surface area contributed by atoms with Gasteiger partial charge in [0.25, 0.3) is 0 Å². The predicted molar refractivity (Wildman–Crippen MR) is 250 cm³/mol. The Kier molecular flexibility index (Phi) is 14.2. The lowest BCUT2D eigenvalue weighted by atomic mass is 9.81. The van der Waals surface area contributed by atoms with Crippen LogP contribution in [0.25, 0.3) is 28.3 Å². The van der Waals surface area contributed by atoms with Gasteiger partial charge in [-0.15, -0.1) is 0 Å². The summed E-state index contributed by atoms with van der Waals surface area (Å²) in [6, 6.07) is 25.5. The van der Waals surface area contributed by atoms with Gasteiger partial charge in [0.05, 0.1) is 20.3 Å². The van der Waals surface area contributed by atoms with Crippen LogP contribution in [0.15, 0.2) is 78.4 Å². The van der Waals surface area contributed by atoms with E-state index in [0.717, 1.165) is 71.6 Å². The van der Waals surface area contributed by atoms with Crippen LogP contribution in [0.2, 0.25) is 0 Å². The number of hydrogen-bond acceptors (Lipinski definition) is 4. The van der Waals surface area contributed by atoms with E-state index in [9.17, 15) is 4.79 Å². The number of fused-ring (bicyclic) bond motifs is 2. The second-order valence-electron chi connectivity index (χ2n) is 21.6. The molecule has 1 aliphatic heterocycles. The van der Waals surface area contributed by atoms with Gasteiger partial charge in [-0.1, -0.05) is 155 Å². The number of rotatable bonds is 6. The molecule has 0 amide bonds. The molecule has 4 aromatic carbocycles. The van der Waals surface area contributed by atoms with Crippen LogP contribution < -0.4 is 9.47 Å². The van der Waals surface area contributed by atoms with Gasteiger partial charge < -0.3 is 14.2 Å². The van der Waals surface area contributed by atoms with Crippen molar-refractivity contribution in [3.63, 3.8) is 0 Å². The number of Topliss-reactive ketones (excluding diaryl/α,β-unsaturated/α-hetero) is 1. The molecule has 4 heteroatoms. The molecule has 1 saturated heterocycles. The Hall–Kier alpha value is -4.15. The van der Waals surface area contributed by atoms with E-state index < -0.39 is 0 Å². The molecule has 2 unspecified atom stereocenters. The highest BCUT2D eigenvalue weighted by atomic mass is 16.5. The fourth-order valence-corrected chi connectivity index (χ4v) is 9.03. The largest absolute Gasteiger partial charge is 0.496 e. The Morgan fingerprint density at radius 1 is 0.678 bits per heavy atom. The first-order valence-electron chi connectivity index (χ1n) is 22.0. The molecule has 318 valence electrons. The number of carbonyl (C=O) groups excluding carboxylic acids is 1. The quantitative estimate of drug-likeness (QED) is 0.195. The predicted octanol–water partition coefficient (Wildman–Crippen LogP) is 14.7. The van der Waals surface area contributed by atoms with Crippen molar-refractivity contribution < 1.29 is 19.0 Å². The summed E-state index contributed by atoms with van der Waals surface area (Å²) >= 11 is 0. The second kappa shape index (κ2) is 18.2.